The van der Waals surface area contributed by atoms with E-state index in [1.165, 1.54) is 25.6 Å². The molecule has 2 aromatic heterocycles. The molecule has 0 bridgehead atoms. The van der Waals surface area contributed by atoms with E-state index in [0.29, 0.717) is 10.7 Å². The summed E-state index contributed by atoms with van der Waals surface area (Å²) >= 11 is 7.19. The highest BCUT2D eigenvalue weighted by Gasteiger charge is 2.19. The van der Waals surface area contributed by atoms with Crippen LogP contribution in [0.2, 0.25) is 5.02 Å². The second-order valence-electron chi connectivity index (χ2n) is 6.01. The maximum Gasteiger partial charge on any atom is 0.169 e. The van der Waals surface area contributed by atoms with Gasteiger partial charge in [-0.2, -0.15) is 5.10 Å². The summed E-state index contributed by atoms with van der Waals surface area (Å²) in [5.74, 6) is -0.202. The van der Waals surface area contributed by atoms with Crippen molar-refractivity contribution in [3.63, 3.8) is 0 Å². The van der Waals surface area contributed by atoms with Gasteiger partial charge in [0, 0.05) is 16.3 Å². The molecule has 2 heterocycles. The number of aliphatic hydroxyl groups is 1. The smallest absolute Gasteiger partial charge is 0.169 e. The van der Waals surface area contributed by atoms with Crippen molar-refractivity contribution >= 4 is 34.8 Å². The number of hydrogen-bond acceptors (Lipinski definition) is 5. The maximum atomic E-state index is 11.8. The first-order valence-corrected chi connectivity index (χ1v) is 9.19. The second-order valence-corrected chi connectivity index (χ2v) is 7.48. The summed E-state index contributed by atoms with van der Waals surface area (Å²) in [5.41, 5.74) is 4.21. The lowest BCUT2D eigenvalue weighted by Crippen LogP contribution is -2.01. The number of aryl methyl sites for hydroxylation is 2. The number of thioether (sulfide) groups is 1. The number of allylic oxidation sites excluding steroid dienone is 2. The first-order valence-electron chi connectivity index (χ1n) is 7.99. The molecule has 7 heteroatoms. The number of ketones is 1. The molecule has 0 fully saturated rings. The molecule has 3 rings (SSSR count). The number of Topliss-reactive ketones (excluding diaryl/α,β-unsaturated/α-hetero) is 1. The van der Waals surface area contributed by atoms with E-state index in [-0.39, 0.29) is 16.4 Å². The van der Waals surface area contributed by atoms with Crippen LogP contribution in [-0.4, -0.2) is 25.5 Å². The SMILES string of the molecule is CC(=O)/C(Sc1cc(C)nc2c(-c3ccc(Cl)cc3)c(C)nn12)=C(/C)O. The topological polar surface area (TPSA) is 67.5 Å². The number of nitrogens with zero attached hydrogens (tertiary/aromatic N) is 3. The van der Waals surface area contributed by atoms with E-state index in [1.54, 1.807) is 4.52 Å². The average Bonchev–Trinajstić information content (AvgIpc) is 2.88. The highest BCUT2D eigenvalue weighted by molar-refractivity contribution is 8.04. The lowest BCUT2D eigenvalue weighted by atomic mass is 10.1. The van der Waals surface area contributed by atoms with Gasteiger partial charge in [-0.05, 0) is 51.5 Å². The second kappa shape index (κ2) is 7.13. The van der Waals surface area contributed by atoms with Crippen molar-refractivity contribution in [2.24, 2.45) is 0 Å². The Bertz CT molecular complexity index is 1040. The largest absolute Gasteiger partial charge is 0.511 e. The molecule has 0 aliphatic carbocycles. The van der Waals surface area contributed by atoms with Crippen LogP contribution in [0.15, 0.2) is 46.0 Å². The summed E-state index contributed by atoms with van der Waals surface area (Å²) in [5, 5.41) is 15.8. The van der Waals surface area contributed by atoms with E-state index >= 15 is 0 Å². The first kappa shape index (κ1) is 18.5. The third-order valence-electron chi connectivity index (χ3n) is 3.85. The Morgan fingerprint density at radius 2 is 1.85 bits per heavy atom. The minimum absolute atomic E-state index is 0.00748. The van der Waals surface area contributed by atoms with E-state index in [4.69, 9.17) is 11.6 Å². The monoisotopic (exact) mass is 387 g/mol. The summed E-state index contributed by atoms with van der Waals surface area (Å²) in [7, 11) is 0. The molecule has 5 nitrogen and oxygen atoms in total. The number of halogens is 1. The van der Waals surface area contributed by atoms with Gasteiger partial charge < -0.3 is 5.11 Å². The van der Waals surface area contributed by atoms with Crippen molar-refractivity contribution in [3.8, 4) is 11.1 Å². The maximum absolute atomic E-state index is 11.8. The molecule has 0 aliphatic rings. The van der Waals surface area contributed by atoms with Crippen LogP contribution in [-0.2, 0) is 4.79 Å². The molecule has 0 amide bonds. The minimum atomic E-state index is -0.195. The summed E-state index contributed by atoms with van der Waals surface area (Å²) in [6.45, 7) is 6.74. The van der Waals surface area contributed by atoms with Crippen LogP contribution in [0.4, 0.5) is 0 Å². The van der Waals surface area contributed by atoms with Crippen molar-refractivity contribution in [1.29, 1.82) is 0 Å². The van der Waals surface area contributed by atoms with Crippen LogP contribution in [0.3, 0.4) is 0 Å². The number of fused-ring (bicyclic) bond motifs is 1. The Hall–Kier alpha value is -2.31. The van der Waals surface area contributed by atoms with Gasteiger partial charge in [-0.3, -0.25) is 4.79 Å². The van der Waals surface area contributed by atoms with Crippen molar-refractivity contribution < 1.29 is 9.90 Å². The van der Waals surface area contributed by atoms with E-state index in [9.17, 15) is 9.90 Å². The quantitative estimate of drug-likeness (QED) is 0.290. The molecule has 134 valence electrons. The van der Waals surface area contributed by atoms with Gasteiger partial charge >= 0.3 is 0 Å². The van der Waals surface area contributed by atoms with E-state index in [0.717, 1.165) is 27.5 Å². The van der Waals surface area contributed by atoms with Crippen molar-refractivity contribution in [2.45, 2.75) is 32.7 Å². The molecule has 0 aliphatic heterocycles. The van der Waals surface area contributed by atoms with Crippen LogP contribution in [0.1, 0.15) is 25.2 Å². The number of aromatic nitrogens is 3. The third kappa shape index (κ3) is 3.48. The zero-order chi connectivity index (χ0) is 19.0. The van der Waals surface area contributed by atoms with E-state index in [1.807, 2.05) is 44.2 Å². The molecular weight excluding hydrogens is 370 g/mol. The Morgan fingerprint density at radius 1 is 1.19 bits per heavy atom. The predicted molar refractivity (Wildman–Crippen MR) is 105 cm³/mol. The number of aliphatic hydroxyl groups excluding tert-OH is 1. The van der Waals surface area contributed by atoms with Crippen LogP contribution in [0, 0.1) is 13.8 Å². The molecule has 26 heavy (non-hydrogen) atoms. The highest BCUT2D eigenvalue weighted by Crippen LogP contribution is 2.34. The number of hydrogen-bond donors (Lipinski definition) is 1. The van der Waals surface area contributed by atoms with Crippen LogP contribution >= 0.6 is 23.4 Å². The fraction of sp³-hybridized carbons (Fsp3) is 0.211. The molecule has 0 saturated heterocycles. The van der Waals surface area contributed by atoms with Gasteiger partial charge in [-0.25, -0.2) is 9.50 Å². The van der Waals surface area contributed by atoms with Crippen molar-refractivity contribution in [2.75, 3.05) is 0 Å². The molecule has 1 N–H and O–H groups in total. The van der Waals surface area contributed by atoms with Crippen molar-refractivity contribution in [1.82, 2.24) is 14.6 Å². The van der Waals surface area contributed by atoms with Gasteiger partial charge in [0.15, 0.2) is 11.4 Å². The zero-order valence-corrected chi connectivity index (χ0v) is 16.4. The van der Waals surface area contributed by atoms with Crippen LogP contribution in [0.25, 0.3) is 16.8 Å². The molecule has 0 spiro atoms. The standard InChI is InChI=1S/C19H18ClN3O2S/c1-10-9-16(26-18(12(3)24)13(4)25)23-19(21-10)17(11(2)22-23)14-5-7-15(20)8-6-14/h5-9,24H,1-4H3/b18-12+. The predicted octanol–water partition coefficient (Wildman–Crippen LogP) is 5.14. The molecule has 0 radical (unpaired) electrons. The van der Waals surface area contributed by atoms with Gasteiger partial charge in [-0.1, -0.05) is 35.5 Å². The lowest BCUT2D eigenvalue weighted by Gasteiger charge is -2.08. The molecule has 0 saturated carbocycles. The average molecular weight is 388 g/mol. The summed E-state index contributed by atoms with van der Waals surface area (Å²) in [6.07, 6.45) is 0. The van der Waals surface area contributed by atoms with Gasteiger partial charge in [0.1, 0.15) is 10.8 Å². The first-order chi connectivity index (χ1) is 12.3. The van der Waals surface area contributed by atoms with Gasteiger partial charge in [0.05, 0.1) is 10.6 Å². The Labute approximate surface area is 160 Å². The number of carbonyl (C=O) groups is 1. The van der Waals surface area contributed by atoms with Crippen molar-refractivity contribution in [3.05, 3.63) is 57.4 Å². The van der Waals surface area contributed by atoms with Gasteiger partial charge in [-0.15, -0.1) is 0 Å². The fourth-order valence-corrected chi connectivity index (χ4v) is 3.81. The number of carbonyl (C=O) groups excluding carboxylic acids is 1. The summed E-state index contributed by atoms with van der Waals surface area (Å²) < 4.78 is 1.71. The fourth-order valence-electron chi connectivity index (χ4n) is 2.74. The van der Waals surface area contributed by atoms with Gasteiger partial charge in [0.2, 0.25) is 0 Å². The highest BCUT2D eigenvalue weighted by atomic mass is 35.5. The Morgan fingerprint density at radius 3 is 2.42 bits per heavy atom. The molecule has 3 aromatic rings. The zero-order valence-electron chi connectivity index (χ0n) is 14.9. The van der Waals surface area contributed by atoms with Crippen LogP contribution < -0.4 is 0 Å². The van der Waals surface area contributed by atoms with Crippen LogP contribution in [0.5, 0.6) is 0 Å². The molecular formula is C19H18ClN3O2S. The molecule has 1 aromatic carbocycles. The Kier molecular flexibility index (Phi) is 5.07. The van der Waals surface area contributed by atoms with E-state index < -0.39 is 0 Å². The molecule has 0 unspecified atom stereocenters. The van der Waals surface area contributed by atoms with E-state index in [2.05, 4.69) is 10.1 Å². The Balaban J connectivity index is 2.22. The van der Waals surface area contributed by atoms with Gasteiger partial charge in [0.25, 0.3) is 0 Å². The number of rotatable bonds is 4. The summed E-state index contributed by atoms with van der Waals surface area (Å²) in [4.78, 5) is 16.8. The summed E-state index contributed by atoms with van der Waals surface area (Å²) in [6, 6.07) is 9.37. The minimum Gasteiger partial charge on any atom is -0.511 e. The number of benzene rings is 1. The third-order valence-corrected chi connectivity index (χ3v) is 5.39. The molecule has 0 atom stereocenters. The normalized spacial score (nSPS) is 12.3. The lowest BCUT2D eigenvalue weighted by molar-refractivity contribution is -0.113.